The van der Waals surface area contributed by atoms with Crippen LogP contribution in [0.3, 0.4) is 0 Å². The standard InChI is InChI=1S/C14H22N2O2/c1-15-6-8-16(9-7-15)11-12-4-5-13(17-2)14(10-12)18-3/h4-5,10H,6-9,11H2,1-3H3/p+2. The number of likely N-dealkylation sites (N-methyl/N-ethyl adjacent to an activating group) is 1. The van der Waals surface area contributed by atoms with E-state index in [0.717, 1.165) is 18.0 Å². The molecule has 1 aliphatic heterocycles. The smallest absolute Gasteiger partial charge is 0.161 e. The molecule has 0 radical (unpaired) electrons. The molecule has 0 saturated carbocycles. The van der Waals surface area contributed by atoms with Crippen molar-refractivity contribution in [2.75, 3.05) is 47.4 Å². The summed E-state index contributed by atoms with van der Waals surface area (Å²) in [6, 6.07) is 6.23. The van der Waals surface area contributed by atoms with Gasteiger partial charge in [0.05, 0.1) is 21.3 Å². The van der Waals surface area contributed by atoms with Crippen LogP contribution in [0.2, 0.25) is 0 Å². The molecule has 4 nitrogen and oxygen atoms in total. The highest BCUT2D eigenvalue weighted by atomic mass is 16.5. The van der Waals surface area contributed by atoms with Crippen LogP contribution < -0.4 is 19.3 Å². The third kappa shape index (κ3) is 3.15. The molecule has 1 heterocycles. The Bertz CT molecular complexity index is 387. The molecule has 1 aromatic carbocycles. The van der Waals surface area contributed by atoms with Gasteiger partial charge in [0.25, 0.3) is 0 Å². The summed E-state index contributed by atoms with van der Waals surface area (Å²) in [6.07, 6.45) is 0. The summed E-state index contributed by atoms with van der Waals surface area (Å²) >= 11 is 0. The Labute approximate surface area is 109 Å². The van der Waals surface area contributed by atoms with E-state index in [4.69, 9.17) is 9.47 Å². The molecule has 0 aliphatic carbocycles. The normalized spacial score (nSPS) is 23.7. The van der Waals surface area contributed by atoms with E-state index in [1.165, 1.54) is 31.7 Å². The van der Waals surface area contributed by atoms with Crippen molar-refractivity contribution in [2.24, 2.45) is 0 Å². The van der Waals surface area contributed by atoms with Crippen molar-refractivity contribution < 1.29 is 19.3 Å². The molecule has 4 heteroatoms. The third-order valence-corrected chi connectivity index (χ3v) is 3.71. The van der Waals surface area contributed by atoms with Crippen molar-refractivity contribution >= 4 is 0 Å². The zero-order chi connectivity index (χ0) is 13.0. The van der Waals surface area contributed by atoms with Gasteiger partial charge in [0, 0.05) is 5.56 Å². The van der Waals surface area contributed by atoms with Crippen LogP contribution in [-0.2, 0) is 6.54 Å². The minimum atomic E-state index is 0.805. The molecule has 1 aromatic rings. The lowest BCUT2D eigenvalue weighted by molar-refractivity contribution is -1.01. The Morgan fingerprint density at radius 3 is 2.28 bits per heavy atom. The quantitative estimate of drug-likeness (QED) is 0.691. The summed E-state index contributed by atoms with van der Waals surface area (Å²) in [5.74, 6) is 1.63. The van der Waals surface area contributed by atoms with E-state index in [9.17, 15) is 0 Å². The van der Waals surface area contributed by atoms with E-state index in [0.29, 0.717) is 0 Å². The Kier molecular flexibility index (Phi) is 4.44. The van der Waals surface area contributed by atoms with Crippen LogP contribution in [0, 0.1) is 0 Å². The monoisotopic (exact) mass is 252 g/mol. The average Bonchev–Trinajstić information content (AvgIpc) is 2.41. The van der Waals surface area contributed by atoms with Crippen molar-refractivity contribution in [3.05, 3.63) is 23.8 Å². The summed E-state index contributed by atoms with van der Waals surface area (Å²) in [5, 5.41) is 0. The molecule has 18 heavy (non-hydrogen) atoms. The zero-order valence-electron chi connectivity index (χ0n) is 11.6. The lowest BCUT2D eigenvalue weighted by Gasteiger charge is -2.27. The second kappa shape index (κ2) is 6.07. The van der Waals surface area contributed by atoms with Crippen LogP contribution >= 0.6 is 0 Å². The van der Waals surface area contributed by atoms with Crippen molar-refractivity contribution in [2.45, 2.75) is 6.54 Å². The highest BCUT2D eigenvalue weighted by Crippen LogP contribution is 2.27. The number of benzene rings is 1. The first-order valence-corrected chi connectivity index (χ1v) is 6.58. The number of piperazine rings is 1. The van der Waals surface area contributed by atoms with Crippen molar-refractivity contribution in [3.8, 4) is 11.5 Å². The Hall–Kier alpha value is -1.26. The van der Waals surface area contributed by atoms with Crippen molar-refractivity contribution in [3.63, 3.8) is 0 Å². The van der Waals surface area contributed by atoms with E-state index in [2.05, 4.69) is 19.2 Å². The maximum Gasteiger partial charge on any atom is 0.161 e. The van der Waals surface area contributed by atoms with Gasteiger partial charge in [-0.15, -0.1) is 0 Å². The Morgan fingerprint density at radius 1 is 1.00 bits per heavy atom. The molecule has 0 aromatic heterocycles. The van der Waals surface area contributed by atoms with Crippen LogP contribution in [0.25, 0.3) is 0 Å². The zero-order valence-corrected chi connectivity index (χ0v) is 11.6. The minimum Gasteiger partial charge on any atom is -0.493 e. The predicted molar refractivity (Wildman–Crippen MR) is 70.6 cm³/mol. The summed E-state index contributed by atoms with van der Waals surface area (Å²) in [5.41, 5.74) is 1.32. The molecule has 2 N–H and O–H groups in total. The molecule has 1 aliphatic rings. The van der Waals surface area contributed by atoms with E-state index in [-0.39, 0.29) is 0 Å². The fourth-order valence-corrected chi connectivity index (χ4v) is 2.49. The maximum absolute atomic E-state index is 5.34. The predicted octanol–water partition coefficient (Wildman–Crippen LogP) is -1.38. The number of hydrogen-bond acceptors (Lipinski definition) is 2. The first kappa shape index (κ1) is 13.2. The van der Waals surface area contributed by atoms with Crippen LogP contribution in [-0.4, -0.2) is 47.4 Å². The lowest BCUT2D eigenvalue weighted by Crippen LogP contribution is -3.26. The molecule has 1 fully saturated rings. The summed E-state index contributed by atoms with van der Waals surface area (Å²) < 4.78 is 10.6. The van der Waals surface area contributed by atoms with Gasteiger partial charge in [0.1, 0.15) is 32.7 Å². The topological polar surface area (TPSA) is 27.3 Å². The maximum atomic E-state index is 5.34. The van der Waals surface area contributed by atoms with Crippen LogP contribution in [0.5, 0.6) is 11.5 Å². The van der Waals surface area contributed by atoms with Gasteiger partial charge in [-0.3, -0.25) is 0 Å². The number of rotatable bonds is 4. The Morgan fingerprint density at radius 2 is 1.67 bits per heavy atom. The number of hydrogen-bond donors (Lipinski definition) is 2. The first-order valence-electron chi connectivity index (χ1n) is 6.58. The number of ether oxygens (including phenoxy) is 2. The van der Waals surface area contributed by atoms with E-state index in [1.807, 2.05) is 6.07 Å². The van der Waals surface area contributed by atoms with Gasteiger partial charge in [-0.25, -0.2) is 0 Å². The third-order valence-electron chi connectivity index (χ3n) is 3.71. The van der Waals surface area contributed by atoms with Crippen LogP contribution in [0.4, 0.5) is 0 Å². The molecule has 0 spiro atoms. The first-order chi connectivity index (χ1) is 8.72. The van der Waals surface area contributed by atoms with Crippen LogP contribution in [0.15, 0.2) is 18.2 Å². The highest BCUT2D eigenvalue weighted by Gasteiger charge is 2.20. The van der Waals surface area contributed by atoms with Gasteiger partial charge < -0.3 is 19.3 Å². The Balaban J connectivity index is 2.01. The lowest BCUT2D eigenvalue weighted by atomic mass is 10.1. The van der Waals surface area contributed by atoms with E-state index in [1.54, 1.807) is 24.0 Å². The summed E-state index contributed by atoms with van der Waals surface area (Å²) in [6.45, 7) is 6.11. The van der Waals surface area contributed by atoms with Crippen LogP contribution in [0.1, 0.15) is 5.56 Å². The summed E-state index contributed by atoms with van der Waals surface area (Å²) in [7, 11) is 5.63. The van der Waals surface area contributed by atoms with E-state index >= 15 is 0 Å². The van der Waals surface area contributed by atoms with Gasteiger partial charge in [-0.05, 0) is 18.2 Å². The van der Waals surface area contributed by atoms with E-state index < -0.39 is 0 Å². The molecule has 0 unspecified atom stereocenters. The van der Waals surface area contributed by atoms with Gasteiger partial charge in [-0.1, -0.05) is 0 Å². The van der Waals surface area contributed by atoms with Crippen molar-refractivity contribution in [1.82, 2.24) is 0 Å². The fraction of sp³-hybridized carbons (Fsp3) is 0.571. The molecule has 0 bridgehead atoms. The fourth-order valence-electron chi connectivity index (χ4n) is 2.49. The largest absolute Gasteiger partial charge is 0.493 e. The molecular weight excluding hydrogens is 228 g/mol. The minimum absolute atomic E-state index is 0.805. The SMILES string of the molecule is COc1ccc(C[NH+]2CC[NH+](C)CC2)cc1OC. The van der Waals surface area contributed by atoms with Gasteiger partial charge in [0.15, 0.2) is 11.5 Å². The number of nitrogens with one attached hydrogen (secondary N) is 2. The second-order valence-corrected chi connectivity index (χ2v) is 5.07. The van der Waals surface area contributed by atoms with Crippen molar-refractivity contribution in [1.29, 1.82) is 0 Å². The average molecular weight is 252 g/mol. The van der Waals surface area contributed by atoms with Gasteiger partial charge in [0.2, 0.25) is 0 Å². The molecule has 100 valence electrons. The van der Waals surface area contributed by atoms with Gasteiger partial charge >= 0.3 is 0 Å². The molecule has 0 atom stereocenters. The molecule has 2 rings (SSSR count). The molecule has 0 amide bonds. The summed E-state index contributed by atoms with van der Waals surface area (Å²) in [4.78, 5) is 3.30. The number of quaternary nitrogens is 2. The molecule has 1 saturated heterocycles. The highest BCUT2D eigenvalue weighted by molar-refractivity contribution is 5.42. The molecular formula is C14H24N2O2+2. The second-order valence-electron chi connectivity index (χ2n) is 5.07. The van der Waals surface area contributed by atoms with Gasteiger partial charge in [-0.2, -0.15) is 0 Å². The number of methoxy groups -OCH3 is 2.